The van der Waals surface area contributed by atoms with Crippen LogP contribution >= 0.6 is 0 Å². The van der Waals surface area contributed by atoms with E-state index in [-0.39, 0.29) is 0 Å². The highest BCUT2D eigenvalue weighted by atomic mass is 15.3. The molecule has 0 spiro atoms. The number of piperazine rings is 1. The van der Waals surface area contributed by atoms with Crippen LogP contribution in [0.25, 0.3) is 0 Å². The number of hydrogen-bond acceptors (Lipinski definition) is 6. The van der Waals surface area contributed by atoms with E-state index in [2.05, 4.69) is 37.4 Å². The third kappa shape index (κ3) is 4.03. The number of imidazole rings is 1. The number of hydrogen-bond donors (Lipinski definition) is 0. The summed E-state index contributed by atoms with van der Waals surface area (Å²) in [6.45, 7) is 10.7. The van der Waals surface area contributed by atoms with Crippen molar-refractivity contribution in [3.8, 4) is 0 Å². The van der Waals surface area contributed by atoms with Gasteiger partial charge in [0.05, 0.1) is 17.7 Å². The average molecular weight is 396 g/mol. The minimum atomic E-state index is 0.847. The van der Waals surface area contributed by atoms with Crippen LogP contribution in [0.4, 0.5) is 5.95 Å². The van der Waals surface area contributed by atoms with Gasteiger partial charge in [-0.05, 0) is 31.7 Å². The molecule has 5 rings (SSSR count). The molecular formula is C22H33N7. The van der Waals surface area contributed by atoms with E-state index in [1.54, 1.807) is 0 Å². The van der Waals surface area contributed by atoms with Crippen LogP contribution in [0.1, 0.15) is 43.1 Å². The molecule has 2 aromatic heterocycles. The Morgan fingerprint density at radius 2 is 1.83 bits per heavy atom. The molecule has 0 unspecified atom stereocenters. The molecule has 3 aliphatic rings. The molecule has 0 N–H and O–H groups in total. The molecule has 2 fully saturated rings. The van der Waals surface area contributed by atoms with Gasteiger partial charge in [0, 0.05) is 77.2 Å². The third-order valence-corrected chi connectivity index (χ3v) is 7.02. The minimum Gasteiger partial charge on any atom is -0.338 e. The number of rotatable bonds is 5. The summed E-state index contributed by atoms with van der Waals surface area (Å²) in [5.74, 6) is 0.939. The molecule has 4 heterocycles. The zero-order chi connectivity index (χ0) is 19.6. The Bertz CT molecular complexity index is 820. The van der Waals surface area contributed by atoms with Crippen LogP contribution in [0.3, 0.4) is 0 Å². The summed E-state index contributed by atoms with van der Waals surface area (Å²) in [4.78, 5) is 21.7. The number of nitrogens with zero attached hydrogens (tertiary/aromatic N) is 7. The highest BCUT2D eigenvalue weighted by Gasteiger charge is 2.29. The lowest BCUT2D eigenvalue weighted by molar-refractivity contribution is 0.120. The maximum absolute atomic E-state index is 5.02. The molecule has 7 nitrogen and oxygen atoms in total. The number of fused-ring (bicyclic) bond motifs is 1. The van der Waals surface area contributed by atoms with E-state index in [9.17, 15) is 0 Å². The fraction of sp³-hybridized carbons (Fsp3) is 0.682. The Morgan fingerprint density at radius 1 is 1.00 bits per heavy atom. The average Bonchev–Trinajstić information content (AvgIpc) is 3.07. The van der Waals surface area contributed by atoms with E-state index in [0.717, 1.165) is 77.2 Å². The second-order valence-corrected chi connectivity index (χ2v) is 8.70. The Morgan fingerprint density at radius 3 is 2.59 bits per heavy atom. The SMILES string of the molecule is CCn1cncc1CN1CCc2cnc(N3CCN(C4CCC4)CC3)nc2CC1. The summed E-state index contributed by atoms with van der Waals surface area (Å²) < 4.78 is 2.24. The topological polar surface area (TPSA) is 53.3 Å². The molecule has 7 heteroatoms. The molecule has 156 valence electrons. The molecule has 0 atom stereocenters. The van der Waals surface area contributed by atoms with Gasteiger partial charge in [-0.2, -0.15) is 0 Å². The Hall–Kier alpha value is -1.99. The van der Waals surface area contributed by atoms with Crippen molar-refractivity contribution in [3.05, 3.63) is 35.7 Å². The van der Waals surface area contributed by atoms with Gasteiger partial charge in [0.15, 0.2) is 0 Å². The lowest BCUT2D eigenvalue weighted by Gasteiger charge is -2.43. The molecule has 2 aliphatic heterocycles. The lowest BCUT2D eigenvalue weighted by atomic mass is 9.91. The van der Waals surface area contributed by atoms with Gasteiger partial charge in [-0.25, -0.2) is 15.0 Å². The van der Waals surface area contributed by atoms with Gasteiger partial charge in [-0.1, -0.05) is 6.42 Å². The van der Waals surface area contributed by atoms with Crippen LogP contribution in [0, 0.1) is 0 Å². The van der Waals surface area contributed by atoms with Crippen molar-refractivity contribution in [2.75, 3.05) is 44.2 Å². The monoisotopic (exact) mass is 395 g/mol. The molecule has 2 aromatic rings. The van der Waals surface area contributed by atoms with Crippen LogP contribution in [-0.2, 0) is 25.9 Å². The lowest BCUT2D eigenvalue weighted by Crippen LogP contribution is -2.52. The number of aryl methyl sites for hydroxylation is 1. The molecule has 0 radical (unpaired) electrons. The molecule has 0 amide bonds. The Balaban J connectivity index is 1.21. The first-order chi connectivity index (χ1) is 14.3. The number of anilines is 1. The first kappa shape index (κ1) is 19.0. The zero-order valence-corrected chi connectivity index (χ0v) is 17.6. The van der Waals surface area contributed by atoms with E-state index >= 15 is 0 Å². The second kappa shape index (κ2) is 8.40. The maximum Gasteiger partial charge on any atom is 0.225 e. The summed E-state index contributed by atoms with van der Waals surface area (Å²) in [6, 6.07) is 0.847. The van der Waals surface area contributed by atoms with Crippen molar-refractivity contribution in [3.63, 3.8) is 0 Å². The van der Waals surface area contributed by atoms with Crippen LogP contribution < -0.4 is 4.90 Å². The predicted octanol–water partition coefficient (Wildman–Crippen LogP) is 1.97. The van der Waals surface area contributed by atoms with Crippen molar-refractivity contribution in [2.45, 2.75) is 58.2 Å². The predicted molar refractivity (Wildman–Crippen MR) is 114 cm³/mol. The van der Waals surface area contributed by atoms with E-state index in [0.29, 0.717) is 0 Å². The maximum atomic E-state index is 5.02. The van der Waals surface area contributed by atoms with Gasteiger partial charge in [0.2, 0.25) is 5.95 Å². The van der Waals surface area contributed by atoms with Gasteiger partial charge in [0.1, 0.15) is 0 Å². The fourth-order valence-corrected chi connectivity index (χ4v) is 4.85. The van der Waals surface area contributed by atoms with E-state index in [1.165, 1.54) is 36.2 Å². The Labute approximate surface area is 173 Å². The molecular weight excluding hydrogens is 362 g/mol. The summed E-state index contributed by atoms with van der Waals surface area (Å²) in [5.41, 5.74) is 3.88. The zero-order valence-electron chi connectivity index (χ0n) is 17.6. The third-order valence-electron chi connectivity index (χ3n) is 7.02. The van der Waals surface area contributed by atoms with E-state index in [1.807, 2.05) is 12.5 Å². The van der Waals surface area contributed by atoms with E-state index < -0.39 is 0 Å². The highest BCUT2D eigenvalue weighted by molar-refractivity contribution is 5.35. The molecule has 0 aromatic carbocycles. The van der Waals surface area contributed by atoms with Crippen LogP contribution in [0.15, 0.2) is 18.7 Å². The van der Waals surface area contributed by atoms with Crippen molar-refractivity contribution >= 4 is 5.95 Å². The van der Waals surface area contributed by atoms with Crippen molar-refractivity contribution < 1.29 is 0 Å². The van der Waals surface area contributed by atoms with Gasteiger partial charge in [-0.15, -0.1) is 0 Å². The smallest absolute Gasteiger partial charge is 0.225 e. The fourth-order valence-electron chi connectivity index (χ4n) is 4.85. The van der Waals surface area contributed by atoms with Gasteiger partial charge in [-0.3, -0.25) is 9.80 Å². The Kier molecular flexibility index (Phi) is 5.50. The van der Waals surface area contributed by atoms with Gasteiger partial charge in [0.25, 0.3) is 0 Å². The normalized spacial score (nSPS) is 21.6. The van der Waals surface area contributed by atoms with Crippen molar-refractivity contribution in [1.82, 2.24) is 29.3 Å². The van der Waals surface area contributed by atoms with Gasteiger partial charge >= 0.3 is 0 Å². The highest BCUT2D eigenvalue weighted by Crippen LogP contribution is 2.26. The first-order valence-corrected chi connectivity index (χ1v) is 11.4. The quantitative estimate of drug-likeness (QED) is 0.772. The summed E-state index contributed by atoms with van der Waals surface area (Å²) in [7, 11) is 0. The largest absolute Gasteiger partial charge is 0.338 e. The summed E-state index contributed by atoms with van der Waals surface area (Å²) >= 11 is 0. The van der Waals surface area contributed by atoms with Crippen molar-refractivity contribution in [2.24, 2.45) is 0 Å². The minimum absolute atomic E-state index is 0.847. The van der Waals surface area contributed by atoms with Crippen LogP contribution in [0.5, 0.6) is 0 Å². The van der Waals surface area contributed by atoms with Crippen LogP contribution in [-0.4, -0.2) is 74.6 Å². The standard InChI is InChI=1S/C22H33N7/c1-2-27-17-23-15-20(27)16-26-8-6-18-14-24-22(25-21(18)7-9-26)29-12-10-28(11-13-29)19-4-3-5-19/h14-15,17,19H,2-13,16H2,1H3. The summed E-state index contributed by atoms with van der Waals surface area (Å²) in [5, 5.41) is 0. The first-order valence-electron chi connectivity index (χ1n) is 11.4. The van der Waals surface area contributed by atoms with Crippen molar-refractivity contribution in [1.29, 1.82) is 0 Å². The second-order valence-electron chi connectivity index (χ2n) is 8.70. The molecule has 1 saturated heterocycles. The molecule has 1 aliphatic carbocycles. The number of aromatic nitrogens is 4. The van der Waals surface area contributed by atoms with E-state index in [4.69, 9.17) is 9.97 Å². The molecule has 29 heavy (non-hydrogen) atoms. The van der Waals surface area contributed by atoms with Gasteiger partial charge < -0.3 is 9.47 Å². The molecule has 0 bridgehead atoms. The van der Waals surface area contributed by atoms with Crippen LogP contribution in [0.2, 0.25) is 0 Å². The summed E-state index contributed by atoms with van der Waals surface area (Å²) in [6.07, 6.45) is 12.3. The molecule has 1 saturated carbocycles.